The van der Waals surface area contributed by atoms with Crippen LogP contribution in [0.2, 0.25) is 0 Å². The van der Waals surface area contributed by atoms with Crippen molar-refractivity contribution in [2.24, 2.45) is 0 Å². The monoisotopic (exact) mass is 203 g/mol. The van der Waals surface area contributed by atoms with E-state index in [9.17, 15) is 9.59 Å². The quantitative estimate of drug-likeness (QED) is 0.655. The van der Waals surface area contributed by atoms with Crippen LogP contribution in [0.3, 0.4) is 0 Å². The molecule has 0 bridgehead atoms. The highest BCUT2D eigenvalue weighted by atomic mass is 16.2. The summed E-state index contributed by atoms with van der Waals surface area (Å²) < 4.78 is 0. The van der Waals surface area contributed by atoms with E-state index in [1.165, 1.54) is 7.05 Å². The van der Waals surface area contributed by atoms with Crippen LogP contribution in [0.15, 0.2) is 18.2 Å². The van der Waals surface area contributed by atoms with Gasteiger partial charge in [0.1, 0.15) is 0 Å². The number of carbonyl (C=O) groups excluding carboxylic acids is 2. The van der Waals surface area contributed by atoms with Gasteiger partial charge in [-0.05, 0) is 23.6 Å². The lowest BCUT2D eigenvalue weighted by molar-refractivity contribution is 0.0693. The van der Waals surface area contributed by atoms with Gasteiger partial charge in [-0.2, -0.15) is 0 Å². The molecular weight excluding hydrogens is 190 g/mol. The van der Waals surface area contributed by atoms with Crippen LogP contribution in [-0.4, -0.2) is 23.8 Å². The minimum Gasteiger partial charge on any atom is -0.277 e. The molecule has 0 N–H and O–H groups in total. The molecular formula is C12H13NO2. The SMILES string of the molecule is CC(C)c1ccc2c(c1)C(=O)N(C)C2=O. The molecule has 78 valence electrons. The summed E-state index contributed by atoms with van der Waals surface area (Å²) >= 11 is 0. The van der Waals surface area contributed by atoms with E-state index in [1.54, 1.807) is 6.07 Å². The number of fused-ring (bicyclic) bond motifs is 1. The summed E-state index contributed by atoms with van der Waals surface area (Å²) in [6.07, 6.45) is 0. The maximum absolute atomic E-state index is 11.7. The zero-order valence-corrected chi connectivity index (χ0v) is 9.07. The summed E-state index contributed by atoms with van der Waals surface area (Å²) in [4.78, 5) is 24.4. The van der Waals surface area contributed by atoms with Crippen LogP contribution in [0.25, 0.3) is 0 Å². The van der Waals surface area contributed by atoms with Gasteiger partial charge in [-0.1, -0.05) is 19.9 Å². The molecule has 1 aliphatic heterocycles. The Kier molecular flexibility index (Phi) is 2.11. The highest BCUT2D eigenvalue weighted by Crippen LogP contribution is 2.25. The summed E-state index contributed by atoms with van der Waals surface area (Å²) in [5, 5.41) is 0. The van der Waals surface area contributed by atoms with Gasteiger partial charge in [0.2, 0.25) is 0 Å². The Morgan fingerprint density at radius 2 is 1.67 bits per heavy atom. The van der Waals surface area contributed by atoms with Crippen LogP contribution in [0.5, 0.6) is 0 Å². The second-order valence-corrected chi connectivity index (χ2v) is 4.13. The fraction of sp³-hybridized carbons (Fsp3) is 0.333. The molecule has 2 rings (SSSR count). The molecule has 0 spiro atoms. The highest BCUT2D eigenvalue weighted by Gasteiger charge is 2.32. The van der Waals surface area contributed by atoms with E-state index in [1.807, 2.05) is 12.1 Å². The topological polar surface area (TPSA) is 37.4 Å². The lowest BCUT2D eigenvalue weighted by atomic mass is 9.98. The fourth-order valence-corrected chi connectivity index (χ4v) is 1.74. The molecule has 3 nitrogen and oxygen atoms in total. The van der Waals surface area contributed by atoms with Gasteiger partial charge in [-0.25, -0.2) is 0 Å². The van der Waals surface area contributed by atoms with Crippen molar-refractivity contribution in [3.05, 3.63) is 34.9 Å². The molecule has 0 atom stereocenters. The number of rotatable bonds is 1. The molecule has 15 heavy (non-hydrogen) atoms. The first-order valence-electron chi connectivity index (χ1n) is 4.98. The van der Waals surface area contributed by atoms with Crippen molar-refractivity contribution >= 4 is 11.8 Å². The predicted molar refractivity (Wildman–Crippen MR) is 57.0 cm³/mol. The number of nitrogens with zero attached hydrogens (tertiary/aromatic N) is 1. The Morgan fingerprint density at radius 3 is 2.27 bits per heavy atom. The minimum absolute atomic E-state index is 0.197. The molecule has 0 saturated heterocycles. The largest absolute Gasteiger partial charge is 0.277 e. The van der Waals surface area contributed by atoms with Gasteiger partial charge in [0.05, 0.1) is 11.1 Å². The maximum atomic E-state index is 11.7. The van der Waals surface area contributed by atoms with Crippen LogP contribution < -0.4 is 0 Å². The minimum atomic E-state index is -0.203. The third-order valence-corrected chi connectivity index (χ3v) is 2.78. The van der Waals surface area contributed by atoms with Crippen molar-refractivity contribution in [2.45, 2.75) is 19.8 Å². The summed E-state index contributed by atoms with van der Waals surface area (Å²) in [7, 11) is 1.51. The van der Waals surface area contributed by atoms with E-state index in [-0.39, 0.29) is 11.8 Å². The van der Waals surface area contributed by atoms with E-state index in [2.05, 4.69) is 13.8 Å². The Morgan fingerprint density at radius 1 is 1.07 bits per heavy atom. The highest BCUT2D eigenvalue weighted by molar-refractivity contribution is 6.21. The van der Waals surface area contributed by atoms with Crippen molar-refractivity contribution in [3.8, 4) is 0 Å². The molecule has 0 unspecified atom stereocenters. The van der Waals surface area contributed by atoms with Crippen molar-refractivity contribution < 1.29 is 9.59 Å². The van der Waals surface area contributed by atoms with Crippen molar-refractivity contribution in [1.29, 1.82) is 0 Å². The van der Waals surface area contributed by atoms with Gasteiger partial charge < -0.3 is 0 Å². The number of benzene rings is 1. The zero-order chi connectivity index (χ0) is 11.2. The Hall–Kier alpha value is -1.64. The fourth-order valence-electron chi connectivity index (χ4n) is 1.74. The lowest BCUT2D eigenvalue weighted by Gasteiger charge is -2.05. The Balaban J connectivity index is 2.57. The van der Waals surface area contributed by atoms with E-state index < -0.39 is 0 Å². The third kappa shape index (κ3) is 1.35. The summed E-state index contributed by atoms with van der Waals surface area (Å²) in [5.41, 5.74) is 2.14. The standard InChI is InChI=1S/C12H13NO2/c1-7(2)8-4-5-9-10(6-8)12(15)13(3)11(9)14/h4-7H,1-3H3. The average Bonchev–Trinajstić information content (AvgIpc) is 2.44. The number of hydrogen-bond donors (Lipinski definition) is 0. The third-order valence-electron chi connectivity index (χ3n) is 2.78. The molecule has 3 heteroatoms. The first kappa shape index (κ1) is 9.90. The second kappa shape index (κ2) is 3.19. The molecule has 0 fully saturated rings. The summed E-state index contributed by atoms with van der Waals surface area (Å²) in [5.74, 6) is -0.0353. The molecule has 1 aromatic rings. The van der Waals surface area contributed by atoms with E-state index >= 15 is 0 Å². The molecule has 2 amide bonds. The first-order valence-corrected chi connectivity index (χ1v) is 4.98. The predicted octanol–water partition coefficient (Wildman–Crippen LogP) is 2.04. The van der Waals surface area contributed by atoms with Gasteiger partial charge in [0.15, 0.2) is 0 Å². The van der Waals surface area contributed by atoms with Gasteiger partial charge in [-0.3, -0.25) is 14.5 Å². The normalized spacial score (nSPS) is 15.1. The van der Waals surface area contributed by atoms with Crippen molar-refractivity contribution in [2.75, 3.05) is 7.05 Å². The van der Waals surface area contributed by atoms with Gasteiger partial charge >= 0.3 is 0 Å². The summed E-state index contributed by atoms with van der Waals surface area (Å²) in [6, 6.07) is 5.48. The van der Waals surface area contributed by atoms with E-state index in [4.69, 9.17) is 0 Å². The number of hydrogen-bond acceptors (Lipinski definition) is 2. The molecule has 1 aliphatic rings. The van der Waals surface area contributed by atoms with Crippen LogP contribution >= 0.6 is 0 Å². The van der Waals surface area contributed by atoms with Crippen LogP contribution in [0.1, 0.15) is 46.0 Å². The maximum Gasteiger partial charge on any atom is 0.261 e. The van der Waals surface area contributed by atoms with Crippen LogP contribution in [0.4, 0.5) is 0 Å². The number of imide groups is 1. The van der Waals surface area contributed by atoms with Gasteiger partial charge in [0, 0.05) is 7.05 Å². The van der Waals surface area contributed by atoms with Gasteiger partial charge in [-0.15, -0.1) is 0 Å². The van der Waals surface area contributed by atoms with Crippen LogP contribution in [0, 0.1) is 0 Å². The van der Waals surface area contributed by atoms with Crippen LogP contribution in [-0.2, 0) is 0 Å². The zero-order valence-electron chi connectivity index (χ0n) is 9.07. The molecule has 0 aliphatic carbocycles. The molecule has 0 saturated carbocycles. The number of amides is 2. The van der Waals surface area contributed by atoms with Crippen molar-refractivity contribution in [1.82, 2.24) is 4.90 Å². The molecule has 0 aromatic heterocycles. The van der Waals surface area contributed by atoms with E-state index in [0.29, 0.717) is 17.0 Å². The lowest BCUT2D eigenvalue weighted by Crippen LogP contribution is -2.24. The molecule has 1 heterocycles. The second-order valence-electron chi connectivity index (χ2n) is 4.13. The molecule has 0 radical (unpaired) electrons. The Bertz CT molecular complexity index is 449. The Labute approximate surface area is 88.7 Å². The number of carbonyl (C=O) groups is 2. The average molecular weight is 203 g/mol. The first-order chi connectivity index (χ1) is 7.02. The summed E-state index contributed by atoms with van der Waals surface area (Å²) in [6.45, 7) is 4.12. The van der Waals surface area contributed by atoms with Gasteiger partial charge in [0.25, 0.3) is 11.8 Å². The van der Waals surface area contributed by atoms with Crippen molar-refractivity contribution in [3.63, 3.8) is 0 Å². The smallest absolute Gasteiger partial charge is 0.261 e. The molecule has 1 aromatic carbocycles. The van der Waals surface area contributed by atoms with E-state index in [0.717, 1.165) is 10.5 Å².